The van der Waals surface area contributed by atoms with E-state index < -0.39 is 0 Å². The summed E-state index contributed by atoms with van der Waals surface area (Å²) in [6.07, 6.45) is 1.60. The average molecular weight is 374 g/mol. The number of pyridine rings is 1. The van der Waals surface area contributed by atoms with Crippen LogP contribution in [0.1, 0.15) is 27.2 Å². The van der Waals surface area contributed by atoms with Gasteiger partial charge in [0.15, 0.2) is 5.76 Å². The van der Waals surface area contributed by atoms with Crippen LogP contribution < -0.4 is 4.90 Å². The number of hydrogen-bond acceptors (Lipinski definition) is 3. The van der Waals surface area contributed by atoms with Crippen LogP contribution in [-0.2, 0) is 6.54 Å². The summed E-state index contributed by atoms with van der Waals surface area (Å²) in [7, 11) is 0. The fourth-order valence-corrected chi connectivity index (χ4v) is 3.23. The lowest BCUT2D eigenvalue weighted by Gasteiger charge is -2.21. The van der Waals surface area contributed by atoms with E-state index in [2.05, 4.69) is 4.98 Å². The molecule has 0 radical (unpaired) electrons. The number of nitrogens with zero attached hydrogens (tertiary/aromatic N) is 2. The van der Waals surface area contributed by atoms with Crippen LogP contribution in [-0.4, -0.2) is 10.9 Å². The van der Waals surface area contributed by atoms with Crippen LogP contribution in [0.5, 0.6) is 0 Å². The molecule has 0 unspecified atom stereocenters. The summed E-state index contributed by atoms with van der Waals surface area (Å²) < 4.78 is 20.1. The van der Waals surface area contributed by atoms with Crippen molar-refractivity contribution >= 4 is 22.7 Å². The molecule has 0 bridgehead atoms. The summed E-state index contributed by atoms with van der Waals surface area (Å²) >= 11 is 0. The van der Waals surface area contributed by atoms with E-state index in [1.807, 2.05) is 32.0 Å². The molecule has 2 aromatic heterocycles. The van der Waals surface area contributed by atoms with Crippen LogP contribution in [0.3, 0.4) is 0 Å². The lowest BCUT2D eigenvalue weighted by atomic mass is 10.1. The maximum absolute atomic E-state index is 14.2. The van der Waals surface area contributed by atoms with Gasteiger partial charge in [-0.1, -0.05) is 35.9 Å². The molecule has 4 rings (SSSR count). The Kier molecular flexibility index (Phi) is 4.65. The molecule has 0 aliphatic heterocycles. The van der Waals surface area contributed by atoms with Gasteiger partial charge in [-0.3, -0.25) is 9.69 Å². The molecule has 0 fully saturated rings. The molecule has 140 valence electrons. The third-order valence-corrected chi connectivity index (χ3v) is 4.74. The van der Waals surface area contributed by atoms with Gasteiger partial charge in [0, 0.05) is 22.7 Å². The first-order chi connectivity index (χ1) is 13.5. The van der Waals surface area contributed by atoms with Gasteiger partial charge in [-0.05, 0) is 44.2 Å². The first-order valence-corrected chi connectivity index (χ1v) is 9.00. The van der Waals surface area contributed by atoms with Crippen molar-refractivity contribution in [1.29, 1.82) is 0 Å². The van der Waals surface area contributed by atoms with E-state index in [1.54, 1.807) is 42.6 Å². The molecule has 0 aliphatic carbocycles. The van der Waals surface area contributed by atoms with Crippen molar-refractivity contribution in [3.63, 3.8) is 0 Å². The van der Waals surface area contributed by atoms with Gasteiger partial charge in [-0.25, -0.2) is 9.37 Å². The van der Waals surface area contributed by atoms with Gasteiger partial charge < -0.3 is 4.42 Å². The number of hydrogen-bond donors (Lipinski definition) is 0. The fraction of sp³-hybridized carbons (Fsp3) is 0.130. The third-order valence-electron chi connectivity index (χ3n) is 4.74. The second kappa shape index (κ2) is 7.27. The van der Waals surface area contributed by atoms with Crippen molar-refractivity contribution < 1.29 is 13.6 Å². The maximum atomic E-state index is 14.2. The molecule has 28 heavy (non-hydrogen) atoms. The van der Waals surface area contributed by atoms with Crippen LogP contribution in [0.15, 0.2) is 71.3 Å². The Morgan fingerprint density at radius 3 is 2.61 bits per heavy atom. The van der Waals surface area contributed by atoms with Crippen LogP contribution in [0, 0.1) is 19.7 Å². The minimum Gasteiger partial charge on any atom is -0.451 e. The van der Waals surface area contributed by atoms with E-state index in [0.717, 1.165) is 16.5 Å². The summed E-state index contributed by atoms with van der Waals surface area (Å²) in [5.41, 5.74) is 2.91. The van der Waals surface area contributed by atoms with E-state index >= 15 is 0 Å². The van der Waals surface area contributed by atoms with Crippen LogP contribution >= 0.6 is 0 Å². The molecule has 0 saturated heterocycles. The maximum Gasteiger partial charge on any atom is 0.295 e. The molecule has 0 spiro atoms. The zero-order valence-electron chi connectivity index (χ0n) is 15.6. The predicted octanol–water partition coefficient (Wildman–Crippen LogP) is 5.43. The highest BCUT2D eigenvalue weighted by atomic mass is 19.1. The molecule has 1 amide bonds. The number of benzene rings is 2. The normalized spacial score (nSPS) is 11.0. The topological polar surface area (TPSA) is 46.3 Å². The minimum atomic E-state index is -0.367. The molecule has 4 nitrogen and oxygen atoms in total. The van der Waals surface area contributed by atoms with E-state index in [-0.39, 0.29) is 24.0 Å². The second-order valence-corrected chi connectivity index (χ2v) is 6.73. The van der Waals surface area contributed by atoms with Gasteiger partial charge in [0.1, 0.15) is 17.2 Å². The third kappa shape index (κ3) is 3.27. The lowest BCUT2D eigenvalue weighted by Crippen LogP contribution is -2.31. The second-order valence-electron chi connectivity index (χ2n) is 6.73. The van der Waals surface area contributed by atoms with E-state index in [4.69, 9.17) is 4.42 Å². The molecule has 0 N–H and O–H groups in total. The van der Waals surface area contributed by atoms with Crippen molar-refractivity contribution in [2.75, 3.05) is 4.90 Å². The Morgan fingerprint density at radius 1 is 1.07 bits per heavy atom. The van der Waals surface area contributed by atoms with E-state index in [1.165, 1.54) is 11.0 Å². The Bertz CT molecular complexity index is 1150. The first-order valence-electron chi connectivity index (χ1n) is 9.00. The number of amides is 1. The summed E-state index contributed by atoms with van der Waals surface area (Å²) in [5.74, 6) is -0.0455. The number of aryl methyl sites for hydroxylation is 2. The van der Waals surface area contributed by atoms with Crippen molar-refractivity contribution in [3.8, 4) is 0 Å². The number of furan rings is 1. The molecule has 0 saturated carbocycles. The zero-order chi connectivity index (χ0) is 19.7. The molecule has 2 heterocycles. The number of rotatable bonds is 4. The zero-order valence-corrected chi connectivity index (χ0v) is 15.6. The Morgan fingerprint density at radius 2 is 1.86 bits per heavy atom. The molecular formula is C23H19FN2O2. The van der Waals surface area contributed by atoms with Gasteiger partial charge in [0.05, 0.1) is 6.54 Å². The monoisotopic (exact) mass is 374 g/mol. The number of anilines is 1. The molecule has 0 atom stereocenters. The number of fused-ring (bicyclic) bond motifs is 1. The van der Waals surface area contributed by atoms with Gasteiger partial charge in [0.25, 0.3) is 5.91 Å². The highest BCUT2D eigenvalue weighted by molar-refractivity contribution is 6.07. The minimum absolute atomic E-state index is 0.0536. The largest absolute Gasteiger partial charge is 0.451 e. The number of aromatic nitrogens is 1. The SMILES string of the molecule is Cc1ccc2oc(C(=O)N(Cc3ccccc3F)c3ccccn3)c(C)c2c1. The Hall–Kier alpha value is -3.47. The Labute approximate surface area is 162 Å². The predicted molar refractivity (Wildman–Crippen MR) is 107 cm³/mol. The summed E-state index contributed by atoms with van der Waals surface area (Å²) in [5, 5.41) is 0.898. The van der Waals surface area contributed by atoms with Gasteiger partial charge in [-0.2, -0.15) is 0 Å². The highest BCUT2D eigenvalue weighted by Crippen LogP contribution is 2.29. The molecular weight excluding hydrogens is 355 g/mol. The van der Waals surface area contributed by atoms with Gasteiger partial charge in [0.2, 0.25) is 0 Å². The molecule has 0 aliphatic rings. The lowest BCUT2D eigenvalue weighted by molar-refractivity contribution is 0.0958. The average Bonchev–Trinajstić information content (AvgIpc) is 3.03. The van der Waals surface area contributed by atoms with E-state index in [9.17, 15) is 9.18 Å². The summed E-state index contributed by atoms with van der Waals surface area (Å²) in [6, 6.07) is 17.5. The molecule has 5 heteroatoms. The molecule has 4 aromatic rings. The first kappa shape index (κ1) is 17.9. The molecule has 2 aromatic carbocycles. The van der Waals surface area contributed by atoms with E-state index in [0.29, 0.717) is 17.0 Å². The smallest absolute Gasteiger partial charge is 0.295 e. The van der Waals surface area contributed by atoms with Crippen molar-refractivity contribution in [3.05, 3.63) is 95.1 Å². The van der Waals surface area contributed by atoms with Gasteiger partial charge in [-0.15, -0.1) is 0 Å². The van der Waals surface area contributed by atoms with Crippen molar-refractivity contribution in [1.82, 2.24) is 4.98 Å². The quantitative estimate of drug-likeness (QED) is 0.478. The van der Waals surface area contributed by atoms with Crippen LogP contribution in [0.25, 0.3) is 11.0 Å². The van der Waals surface area contributed by atoms with Crippen LogP contribution in [0.2, 0.25) is 0 Å². The summed E-state index contributed by atoms with van der Waals surface area (Å²) in [4.78, 5) is 19.1. The van der Waals surface area contributed by atoms with Crippen molar-refractivity contribution in [2.24, 2.45) is 0 Å². The van der Waals surface area contributed by atoms with Crippen molar-refractivity contribution in [2.45, 2.75) is 20.4 Å². The highest BCUT2D eigenvalue weighted by Gasteiger charge is 2.26. The number of carbonyl (C=O) groups excluding carboxylic acids is 1. The van der Waals surface area contributed by atoms with Gasteiger partial charge >= 0.3 is 0 Å². The standard InChI is InChI=1S/C23H19FN2O2/c1-15-10-11-20-18(13-15)16(2)22(28-20)23(27)26(21-9-5-6-12-25-21)14-17-7-3-4-8-19(17)24/h3-13H,14H2,1-2H3. The number of carbonyl (C=O) groups is 1. The Balaban J connectivity index is 1.79. The summed E-state index contributed by atoms with van der Waals surface area (Å²) in [6.45, 7) is 3.90. The number of halogens is 1. The fourth-order valence-electron chi connectivity index (χ4n) is 3.23. The van der Waals surface area contributed by atoms with Crippen LogP contribution in [0.4, 0.5) is 10.2 Å².